The number of aromatic nitrogens is 1. The molecule has 0 aliphatic carbocycles. The maximum Gasteiger partial charge on any atom is 0.258 e. The van der Waals surface area contributed by atoms with Crippen LogP contribution in [0.5, 0.6) is 5.75 Å². The maximum atomic E-state index is 12.8. The summed E-state index contributed by atoms with van der Waals surface area (Å²) in [6.07, 6.45) is 1.88. The van der Waals surface area contributed by atoms with Crippen molar-refractivity contribution in [1.82, 2.24) is 10.1 Å². The first-order valence-corrected chi connectivity index (χ1v) is 7.08. The monoisotopic (exact) mass is 286 g/mol. The first-order valence-electron chi connectivity index (χ1n) is 7.08. The van der Waals surface area contributed by atoms with Gasteiger partial charge < -0.3 is 14.2 Å². The lowest BCUT2D eigenvalue weighted by atomic mass is 10.1. The summed E-state index contributed by atoms with van der Waals surface area (Å²) >= 11 is 0. The fraction of sp³-hybridized carbons (Fsp3) is 0.375. The smallest absolute Gasteiger partial charge is 0.258 e. The highest BCUT2D eigenvalue weighted by atomic mass is 16.5. The molecule has 1 fully saturated rings. The van der Waals surface area contributed by atoms with Crippen LogP contribution in [0.2, 0.25) is 0 Å². The van der Waals surface area contributed by atoms with Gasteiger partial charge in [-0.3, -0.25) is 4.79 Å². The van der Waals surface area contributed by atoms with E-state index in [1.165, 1.54) is 0 Å². The van der Waals surface area contributed by atoms with Gasteiger partial charge in [-0.2, -0.15) is 0 Å². The van der Waals surface area contributed by atoms with Gasteiger partial charge in [0.25, 0.3) is 5.91 Å². The number of benzene rings is 1. The first-order chi connectivity index (χ1) is 10.2. The Morgan fingerprint density at radius 3 is 2.95 bits per heavy atom. The zero-order chi connectivity index (χ0) is 14.8. The Balaban J connectivity index is 1.89. The summed E-state index contributed by atoms with van der Waals surface area (Å²) in [4.78, 5) is 14.7. The lowest BCUT2D eigenvalue weighted by Gasteiger charge is -2.23. The van der Waals surface area contributed by atoms with Gasteiger partial charge in [-0.05, 0) is 31.9 Å². The minimum absolute atomic E-state index is 0.0140. The summed E-state index contributed by atoms with van der Waals surface area (Å²) in [6.45, 7) is 2.59. The summed E-state index contributed by atoms with van der Waals surface area (Å²) in [6, 6.07) is 9.20. The van der Waals surface area contributed by atoms with Crippen molar-refractivity contribution in [2.75, 3.05) is 13.7 Å². The molecular formula is C16H18N2O3. The van der Waals surface area contributed by atoms with Gasteiger partial charge in [-0.15, -0.1) is 0 Å². The topological polar surface area (TPSA) is 55.6 Å². The summed E-state index contributed by atoms with van der Waals surface area (Å²) in [5, 5.41) is 4.07. The van der Waals surface area contributed by atoms with Gasteiger partial charge in [0.15, 0.2) is 0 Å². The van der Waals surface area contributed by atoms with E-state index in [4.69, 9.17) is 9.26 Å². The van der Waals surface area contributed by atoms with Crippen LogP contribution >= 0.6 is 0 Å². The van der Waals surface area contributed by atoms with E-state index in [0.29, 0.717) is 11.3 Å². The van der Waals surface area contributed by atoms with Crippen molar-refractivity contribution >= 4 is 5.91 Å². The fourth-order valence-corrected chi connectivity index (χ4v) is 2.84. The van der Waals surface area contributed by atoms with Gasteiger partial charge >= 0.3 is 0 Å². The minimum Gasteiger partial charge on any atom is -0.496 e. The number of carbonyl (C=O) groups excluding carboxylic acids is 1. The second-order valence-corrected chi connectivity index (χ2v) is 5.22. The number of nitrogens with zero attached hydrogens (tertiary/aromatic N) is 2. The molecule has 2 aromatic rings. The summed E-state index contributed by atoms with van der Waals surface area (Å²) in [5.41, 5.74) is 1.42. The zero-order valence-electron chi connectivity index (χ0n) is 12.2. The molecule has 1 unspecified atom stereocenters. The normalized spacial score (nSPS) is 18.0. The number of likely N-dealkylation sites (tertiary alicyclic amines) is 1. The van der Waals surface area contributed by atoms with Crippen LogP contribution < -0.4 is 4.74 Å². The molecule has 0 radical (unpaired) electrons. The lowest BCUT2D eigenvalue weighted by Crippen LogP contribution is -2.31. The number of methoxy groups -OCH3 is 1. The highest BCUT2D eigenvalue weighted by molar-refractivity contribution is 5.97. The average Bonchev–Trinajstić information content (AvgIpc) is 3.14. The molecule has 0 bridgehead atoms. The quantitative estimate of drug-likeness (QED) is 0.870. The largest absolute Gasteiger partial charge is 0.496 e. The molecule has 1 aliphatic heterocycles. The third-order valence-electron chi connectivity index (χ3n) is 3.84. The molecule has 3 rings (SSSR count). The van der Waals surface area contributed by atoms with Gasteiger partial charge in [-0.1, -0.05) is 17.3 Å². The van der Waals surface area contributed by atoms with Crippen LogP contribution in [0.15, 0.2) is 34.9 Å². The van der Waals surface area contributed by atoms with Crippen LogP contribution in [0.4, 0.5) is 0 Å². The molecule has 0 spiro atoms. The predicted molar refractivity (Wildman–Crippen MR) is 77.2 cm³/mol. The lowest BCUT2D eigenvalue weighted by molar-refractivity contribution is 0.0727. The SMILES string of the molecule is COc1ccccc1C(=O)N1CCCC1c1cc(C)on1. The average molecular weight is 286 g/mol. The number of para-hydroxylation sites is 1. The number of hydrogen-bond donors (Lipinski definition) is 0. The Kier molecular flexibility index (Phi) is 3.64. The fourth-order valence-electron chi connectivity index (χ4n) is 2.84. The molecule has 1 aliphatic rings. The van der Waals surface area contributed by atoms with Crippen LogP contribution in [-0.2, 0) is 0 Å². The molecule has 5 heteroatoms. The number of ether oxygens (including phenoxy) is 1. The van der Waals surface area contributed by atoms with E-state index < -0.39 is 0 Å². The Labute approximate surface area is 123 Å². The van der Waals surface area contributed by atoms with Gasteiger partial charge in [0.05, 0.1) is 18.7 Å². The van der Waals surface area contributed by atoms with Crippen molar-refractivity contribution in [3.8, 4) is 5.75 Å². The first kappa shape index (κ1) is 13.7. The van der Waals surface area contributed by atoms with E-state index in [-0.39, 0.29) is 11.9 Å². The van der Waals surface area contributed by atoms with Crippen molar-refractivity contribution in [3.05, 3.63) is 47.3 Å². The van der Waals surface area contributed by atoms with Crippen molar-refractivity contribution in [1.29, 1.82) is 0 Å². The summed E-state index contributed by atoms with van der Waals surface area (Å²) in [5.74, 6) is 1.35. The Hall–Kier alpha value is -2.30. The molecule has 0 saturated carbocycles. The predicted octanol–water partition coefficient (Wildman–Crippen LogP) is 2.97. The zero-order valence-corrected chi connectivity index (χ0v) is 12.2. The molecule has 1 atom stereocenters. The Morgan fingerprint density at radius 1 is 1.43 bits per heavy atom. The number of rotatable bonds is 3. The van der Waals surface area contributed by atoms with E-state index >= 15 is 0 Å². The van der Waals surface area contributed by atoms with E-state index in [9.17, 15) is 4.79 Å². The van der Waals surface area contributed by atoms with Crippen molar-refractivity contribution < 1.29 is 14.1 Å². The summed E-state index contributed by atoms with van der Waals surface area (Å²) in [7, 11) is 1.58. The molecule has 1 aromatic heterocycles. The molecule has 21 heavy (non-hydrogen) atoms. The second kappa shape index (κ2) is 5.60. The minimum atomic E-state index is -0.0180. The van der Waals surface area contributed by atoms with Crippen LogP contribution in [0.25, 0.3) is 0 Å². The molecule has 1 amide bonds. The molecule has 1 aromatic carbocycles. The molecule has 2 heterocycles. The van der Waals surface area contributed by atoms with E-state index in [0.717, 1.165) is 30.8 Å². The van der Waals surface area contributed by atoms with Crippen molar-refractivity contribution in [2.45, 2.75) is 25.8 Å². The number of carbonyl (C=O) groups is 1. The molecule has 5 nitrogen and oxygen atoms in total. The Morgan fingerprint density at radius 2 is 2.24 bits per heavy atom. The standard InChI is InChI=1S/C16H18N2O3/c1-11-10-13(17-21-11)14-7-5-9-18(14)16(19)12-6-3-4-8-15(12)20-2/h3-4,6,8,10,14H,5,7,9H2,1-2H3. The van der Waals surface area contributed by atoms with Gasteiger partial charge in [0, 0.05) is 12.6 Å². The molecule has 110 valence electrons. The summed E-state index contributed by atoms with van der Waals surface area (Å²) < 4.78 is 10.4. The van der Waals surface area contributed by atoms with Crippen LogP contribution in [0.3, 0.4) is 0 Å². The van der Waals surface area contributed by atoms with Crippen LogP contribution in [0.1, 0.15) is 40.7 Å². The van der Waals surface area contributed by atoms with Crippen LogP contribution in [-0.4, -0.2) is 29.6 Å². The maximum absolute atomic E-state index is 12.8. The molecule has 0 N–H and O–H groups in total. The highest BCUT2D eigenvalue weighted by Crippen LogP contribution is 2.34. The van der Waals surface area contributed by atoms with Gasteiger partial charge in [-0.25, -0.2) is 0 Å². The number of amides is 1. The second-order valence-electron chi connectivity index (χ2n) is 5.22. The van der Waals surface area contributed by atoms with Crippen molar-refractivity contribution in [3.63, 3.8) is 0 Å². The molecular weight excluding hydrogens is 268 g/mol. The third-order valence-corrected chi connectivity index (χ3v) is 3.84. The van der Waals surface area contributed by atoms with Crippen LogP contribution in [0, 0.1) is 6.92 Å². The molecule has 1 saturated heterocycles. The Bertz CT molecular complexity index is 650. The number of aryl methyl sites for hydroxylation is 1. The van der Waals surface area contributed by atoms with E-state index in [1.807, 2.05) is 30.0 Å². The van der Waals surface area contributed by atoms with E-state index in [2.05, 4.69) is 5.16 Å². The van der Waals surface area contributed by atoms with Gasteiger partial charge in [0.1, 0.15) is 17.2 Å². The third kappa shape index (κ3) is 2.51. The van der Waals surface area contributed by atoms with Crippen molar-refractivity contribution in [2.24, 2.45) is 0 Å². The highest BCUT2D eigenvalue weighted by Gasteiger charge is 2.33. The van der Waals surface area contributed by atoms with Gasteiger partial charge in [0.2, 0.25) is 0 Å². The van der Waals surface area contributed by atoms with E-state index in [1.54, 1.807) is 19.2 Å². The number of hydrogen-bond acceptors (Lipinski definition) is 4.